The number of hydrogen-bond acceptors (Lipinski definition) is 3. The molecule has 1 aliphatic heterocycles. The van der Waals surface area contributed by atoms with Crippen molar-refractivity contribution in [3.05, 3.63) is 22.4 Å². The van der Waals surface area contributed by atoms with Gasteiger partial charge in [0, 0.05) is 11.4 Å². The predicted molar refractivity (Wildman–Crippen MR) is 77.9 cm³/mol. The molecular weight excluding hydrogens is 256 g/mol. The van der Waals surface area contributed by atoms with E-state index in [0.717, 1.165) is 32.2 Å². The maximum atomic E-state index is 12.6. The Hall–Kier alpha value is -0.870. The Morgan fingerprint density at radius 3 is 2.74 bits per heavy atom. The lowest BCUT2D eigenvalue weighted by Crippen LogP contribution is -2.35. The summed E-state index contributed by atoms with van der Waals surface area (Å²) in [7, 11) is 0. The van der Waals surface area contributed by atoms with Crippen LogP contribution in [-0.2, 0) is 4.79 Å². The molecule has 1 unspecified atom stereocenters. The summed E-state index contributed by atoms with van der Waals surface area (Å²) in [6.07, 6.45) is 4.41. The van der Waals surface area contributed by atoms with Crippen molar-refractivity contribution in [2.24, 2.45) is 5.92 Å². The van der Waals surface area contributed by atoms with Crippen LogP contribution in [0.5, 0.6) is 0 Å². The molecule has 19 heavy (non-hydrogen) atoms. The van der Waals surface area contributed by atoms with E-state index in [2.05, 4.69) is 41.6 Å². The summed E-state index contributed by atoms with van der Waals surface area (Å²) in [6.45, 7) is 5.33. The quantitative estimate of drug-likeness (QED) is 0.897. The van der Waals surface area contributed by atoms with Gasteiger partial charge in [0.05, 0.1) is 0 Å². The molecule has 0 radical (unpaired) electrons. The van der Waals surface area contributed by atoms with Crippen molar-refractivity contribution in [3.63, 3.8) is 0 Å². The lowest BCUT2D eigenvalue weighted by molar-refractivity contribution is -0.131. The van der Waals surface area contributed by atoms with Crippen molar-refractivity contribution in [2.45, 2.75) is 51.2 Å². The van der Waals surface area contributed by atoms with Crippen molar-refractivity contribution in [3.8, 4) is 0 Å². The molecule has 1 spiro atoms. The van der Waals surface area contributed by atoms with E-state index in [4.69, 9.17) is 0 Å². The Balaban J connectivity index is 1.83. The van der Waals surface area contributed by atoms with Gasteiger partial charge in [0.1, 0.15) is 11.7 Å². The molecule has 2 aliphatic rings. The van der Waals surface area contributed by atoms with Crippen LogP contribution in [-0.4, -0.2) is 22.9 Å². The fourth-order valence-corrected chi connectivity index (χ4v) is 3.75. The van der Waals surface area contributed by atoms with Crippen LogP contribution in [0.15, 0.2) is 17.5 Å². The van der Waals surface area contributed by atoms with E-state index in [1.54, 1.807) is 11.3 Å². The number of carbonyl (C=O) groups is 1. The zero-order valence-corrected chi connectivity index (χ0v) is 12.5. The van der Waals surface area contributed by atoms with Crippen molar-refractivity contribution >= 4 is 17.2 Å². The highest BCUT2D eigenvalue weighted by molar-refractivity contribution is 7.10. The van der Waals surface area contributed by atoms with Crippen molar-refractivity contribution in [2.75, 3.05) is 6.54 Å². The van der Waals surface area contributed by atoms with Crippen LogP contribution >= 0.6 is 11.3 Å². The van der Waals surface area contributed by atoms with Gasteiger partial charge in [-0.15, -0.1) is 11.3 Å². The third-order valence-corrected chi connectivity index (χ3v) is 5.49. The molecule has 1 amide bonds. The first-order valence-corrected chi connectivity index (χ1v) is 8.20. The van der Waals surface area contributed by atoms with Gasteiger partial charge in [-0.05, 0) is 30.2 Å². The topological polar surface area (TPSA) is 32.3 Å². The smallest absolute Gasteiger partial charge is 0.244 e. The summed E-state index contributed by atoms with van der Waals surface area (Å²) in [5, 5.41) is 5.68. The third-order valence-electron chi connectivity index (χ3n) is 4.57. The summed E-state index contributed by atoms with van der Waals surface area (Å²) < 4.78 is 0. The van der Waals surface area contributed by atoms with Crippen LogP contribution in [0.1, 0.15) is 50.6 Å². The molecule has 3 nitrogen and oxygen atoms in total. The molecule has 104 valence electrons. The van der Waals surface area contributed by atoms with Gasteiger partial charge in [-0.25, -0.2) is 0 Å². The zero-order chi connectivity index (χ0) is 13.5. The van der Waals surface area contributed by atoms with Crippen LogP contribution in [0, 0.1) is 5.92 Å². The number of rotatable bonds is 5. The second-order valence-electron chi connectivity index (χ2n) is 5.78. The van der Waals surface area contributed by atoms with E-state index in [-0.39, 0.29) is 11.7 Å². The monoisotopic (exact) mass is 278 g/mol. The first kappa shape index (κ1) is 13.1. The maximum absolute atomic E-state index is 12.6. The van der Waals surface area contributed by atoms with Gasteiger partial charge in [0.25, 0.3) is 0 Å². The first-order valence-electron chi connectivity index (χ1n) is 7.32. The second-order valence-corrected chi connectivity index (χ2v) is 6.76. The van der Waals surface area contributed by atoms with Crippen molar-refractivity contribution in [1.29, 1.82) is 0 Å². The van der Waals surface area contributed by atoms with Gasteiger partial charge in [-0.1, -0.05) is 32.8 Å². The minimum absolute atomic E-state index is 0.107. The predicted octanol–water partition coefficient (Wildman–Crippen LogP) is 3.15. The highest BCUT2D eigenvalue weighted by Crippen LogP contribution is 2.46. The van der Waals surface area contributed by atoms with Crippen LogP contribution in [0.25, 0.3) is 0 Å². The number of amides is 1. The molecule has 1 aliphatic carbocycles. The fraction of sp³-hybridized carbons (Fsp3) is 0.667. The Bertz CT molecular complexity index is 449. The van der Waals surface area contributed by atoms with Crippen molar-refractivity contribution in [1.82, 2.24) is 10.2 Å². The van der Waals surface area contributed by atoms with E-state index in [1.807, 2.05) is 0 Å². The van der Waals surface area contributed by atoms with Gasteiger partial charge in [-0.2, -0.15) is 0 Å². The molecule has 0 aromatic carbocycles. The molecule has 3 rings (SSSR count). The van der Waals surface area contributed by atoms with Gasteiger partial charge in [0.15, 0.2) is 0 Å². The number of nitrogens with one attached hydrogen (secondary N) is 1. The lowest BCUT2D eigenvalue weighted by atomic mass is 10.0. The Kier molecular flexibility index (Phi) is 3.39. The fourth-order valence-electron chi connectivity index (χ4n) is 2.96. The lowest BCUT2D eigenvalue weighted by Gasteiger charge is -2.27. The Morgan fingerprint density at radius 2 is 2.21 bits per heavy atom. The minimum atomic E-state index is -0.208. The average Bonchev–Trinajstić information content (AvgIpc) is 2.91. The van der Waals surface area contributed by atoms with Crippen LogP contribution in [0.2, 0.25) is 0 Å². The molecule has 2 fully saturated rings. The molecule has 2 heterocycles. The molecule has 1 aromatic heterocycles. The highest BCUT2D eigenvalue weighted by atomic mass is 32.1. The average molecular weight is 278 g/mol. The van der Waals surface area contributed by atoms with Crippen molar-refractivity contribution < 1.29 is 4.79 Å². The highest BCUT2D eigenvalue weighted by Gasteiger charge is 2.59. The summed E-state index contributed by atoms with van der Waals surface area (Å²) in [4.78, 5) is 16.0. The van der Waals surface area contributed by atoms with Gasteiger partial charge in [-0.3, -0.25) is 10.1 Å². The summed E-state index contributed by atoms with van der Waals surface area (Å²) >= 11 is 1.74. The molecule has 1 saturated carbocycles. The standard InChI is InChI=1S/C15H22N2OS/c1-3-11(4-2)10-17-13(12-6-5-9-19-12)16-15(7-8-15)14(17)18/h5-6,9,11,13,16H,3-4,7-8,10H2,1-2H3. The molecule has 0 bridgehead atoms. The largest absolute Gasteiger partial charge is 0.320 e. The Morgan fingerprint density at radius 1 is 1.47 bits per heavy atom. The molecule has 1 N–H and O–H groups in total. The molecular formula is C15H22N2OS. The summed E-state index contributed by atoms with van der Waals surface area (Å²) in [5.41, 5.74) is -0.208. The van der Waals surface area contributed by atoms with Gasteiger partial charge < -0.3 is 4.90 Å². The Labute approximate surface area is 119 Å². The molecule has 1 saturated heterocycles. The summed E-state index contributed by atoms with van der Waals surface area (Å²) in [5.74, 6) is 0.944. The van der Waals surface area contributed by atoms with Gasteiger partial charge >= 0.3 is 0 Å². The van der Waals surface area contributed by atoms with Crippen LogP contribution in [0.4, 0.5) is 0 Å². The zero-order valence-electron chi connectivity index (χ0n) is 11.7. The summed E-state index contributed by atoms with van der Waals surface area (Å²) in [6, 6.07) is 4.20. The number of thiophene rings is 1. The third kappa shape index (κ3) is 2.21. The molecule has 1 atom stereocenters. The second kappa shape index (κ2) is 4.91. The maximum Gasteiger partial charge on any atom is 0.244 e. The number of nitrogens with zero attached hydrogens (tertiary/aromatic N) is 1. The number of hydrogen-bond donors (Lipinski definition) is 1. The van der Waals surface area contributed by atoms with E-state index < -0.39 is 0 Å². The minimum Gasteiger partial charge on any atom is -0.320 e. The SMILES string of the molecule is CCC(CC)CN1C(=O)C2(CC2)NC1c1cccs1. The van der Waals surface area contributed by atoms with E-state index in [9.17, 15) is 4.79 Å². The first-order chi connectivity index (χ1) is 9.20. The van der Waals surface area contributed by atoms with Crippen LogP contribution in [0.3, 0.4) is 0 Å². The van der Waals surface area contributed by atoms with Crippen LogP contribution < -0.4 is 5.32 Å². The van der Waals surface area contributed by atoms with E-state index in [0.29, 0.717) is 11.8 Å². The van der Waals surface area contributed by atoms with E-state index >= 15 is 0 Å². The van der Waals surface area contributed by atoms with Gasteiger partial charge in [0.2, 0.25) is 5.91 Å². The normalized spacial score (nSPS) is 24.7. The van der Waals surface area contributed by atoms with E-state index in [1.165, 1.54) is 4.88 Å². The number of carbonyl (C=O) groups excluding carboxylic acids is 1. The molecule has 1 aromatic rings. The molecule has 4 heteroatoms.